The Hall–Kier alpha value is -1.21. The highest BCUT2D eigenvalue weighted by molar-refractivity contribution is 5.80. The fraction of sp³-hybridized carbons (Fsp3) is 0.891. The highest BCUT2D eigenvalue weighted by Gasteiger charge is 2.28. The summed E-state index contributed by atoms with van der Waals surface area (Å²) in [7, 11) is 0. The van der Waals surface area contributed by atoms with Crippen LogP contribution >= 0.6 is 0 Å². The quantitative estimate of drug-likeness (QED) is 0.0317. The van der Waals surface area contributed by atoms with Crippen LogP contribution in [-0.4, -0.2) is 57.3 Å². The molecule has 52 heavy (non-hydrogen) atoms. The van der Waals surface area contributed by atoms with Crippen LogP contribution in [0.1, 0.15) is 232 Å². The molecule has 0 aromatic rings. The molecule has 0 rings (SSSR count). The molecule has 5 N–H and O–H groups in total. The van der Waals surface area contributed by atoms with Crippen molar-refractivity contribution < 1.29 is 25.2 Å². The van der Waals surface area contributed by atoms with E-state index >= 15 is 0 Å². The number of allylic oxidation sites excluding steroid dienone is 4. The second kappa shape index (κ2) is 41.0. The monoisotopic (exact) mass is 736 g/mol. The van der Waals surface area contributed by atoms with E-state index in [1.54, 1.807) is 0 Å². The lowest BCUT2D eigenvalue weighted by molar-refractivity contribution is -0.132. The number of amides is 1. The molecule has 308 valence electrons. The van der Waals surface area contributed by atoms with E-state index in [9.17, 15) is 25.2 Å². The van der Waals surface area contributed by atoms with E-state index in [2.05, 4.69) is 43.5 Å². The molecule has 0 aliphatic heterocycles. The summed E-state index contributed by atoms with van der Waals surface area (Å²) in [5.74, 6) is -0.595. The van der Waals surface area contributed by atoms with E-state index in [-0.39, 0.29) is 0 Å². The Bertz CT molecular complexity index is 787. The third-order valence-electron chi connectivity index (χ3n) is 10.6. The van der Waals surface area contributed by atoms with Gasteiger partial charge in [0.2, 0.25) is 5.91 Å². The molecule has 0 aliphatic carbocycles. The topological polar surface area (TPSA) is 110 Å². The van der Waals surface area contributed by atoms with E-state index in [0.29, 0.717) is 19.3 Å². The maximum atomic E-state index is 12.5. The first-order chi connectivity index (χ1) is 25.5. The molecule has 1 amide bonds. The molecule has 0 fully saturated rings. The van der Waals surface area contributed by atoms with Gasteiger partial charge in [-0.2, -0.15) is 0 Å². The molecular weight excluding hydrogens is 647 g/mol. The Morgan fingerprint density at radius 3 is 1.21 bits per heavy atom. The van der Waals surface area contributed by atoms with Crippen molar-refractivity contribution in [3.63, 3.8) is 0 Å². The van der Waals surface area contributed by atoms with Crippen molar-refractivity contribution >= 4 is 5.91 Å². The fourth-order valence-corrected chi connectivity index (χ4v) is 7.01. The van der Waals surface area contributed by atoms with Gasteiger partial charge >= 0.3 is 0 Å². The molecule has 0 aliphatic rings. The minimum absolute atomic E-state index is 0.364. The summed E-state index contributed by atoms with van der Waals surface area (Å²) in [4.78, 5) is 12.5. The van der Waals surface area contributed by atoms with E-state index in [0.717, 1.165) is 38.5 Å². The standard InChI is InChI=1S/C46H89NO5/c1-3-5-7-9-11-13-15-17-19-21-22-23-24-26-27-29-31-33-35-37-39-43(49)45(51)42(41-48)47-46(52)44(50)40-38-36-34-32-30-28-25-20-18-16-14-12-10-8-6-4-2/h24,26,31,33,42-45,48-51H,3-23,25,27-30,32,34-41H2,1-2H3,(H,47,52)/b26-24+,33-31+. The van der Waals surface area contributed by atoms with Crippen LogP contribution in [0.25, 0.3) is 0 Å². The van der Waals surface area contributed by atoms with Gasteiger partial charge in [0.15, 0.2) is 0 Å². The van der Waals surface area contributed by atoms with Crippen LogP contribution in [0.2, 0.25) is 0 Å². The Kier molecular flexibility index (Phi) is 40.0. The van der Waals surface area contributed by atoms with Crippen molar-refractivity contribution in [2.75, 3.05) is 6.61 Å². The minimum Gasteiger partial charge on any atom is -0.394 e. The van der Waals surface area contributed by atoms with Crippen LogP contribution in [0, 0.1) is 0 Å². The van der Waals surface area contributed by atoms with Crippen molar-refractivity contribution in [1.29, 1.82) is 0 Å². The maximum Gasteiger partial charge on any atom is 0.249 e. The zero-order chi connectivity index (χ0) is 38.2. The average Bonchev–Trinajstić information content (AvgIpc) is 3.15. The van der Waals surface area contributed by atoms with Crippen LogP contribution in [0.5, 0.6) is 0 Å². The van der Waals surface area contributed by atoms with Gasteiger partial charge in [-0.15, -0.1) is 0 Å². The van der Waals surface area contributed by atoms with Crippen LogP contribution < -0.4 is 5.32 Å². The third kappa shape index (κ3) is 34.6. The Labute approximate surface area is 323 Å². The van der Waals surface area contributed by atoms with Gasteiger partial charge in [-0.25, -0.2) is 0 Å². The first-order valence-electron chi connectivity index (χ1n) is 22.7. The first-order valence-corrected chi connectivity index (χ1v) is 22.7. The summed E-state index contributed by atoms with van der Waals surface area (Å²) >= 11 is 0. The van der Waals surface area contributed by atoms with Gasteiger partial charge in [-0.1, -0.05) is 205 Å². The van der Waals surface area contributed by atoms with Crippen molar-refractivity contribution in [3.05, 3.63) is 24.3 Å². The molecule has 4 unspecified atom stereocenters. The lowest BCUT2D eigenvalue weighted by atomic mass is 10.00. The molecule has 0 radical (unpaired) electrons. The van der Waals surface area contributed by atoms with Crippen LogP contribution in [0.15, 0.2) is 24.3 Å². The van der Waals surface area contributed by atoms with Gasteiger partial charge in [0.25, 0.3) is 0 Å². The summed E-state index contributed by atoms with van der Waals surface area (Å²) in [6, 6.07) is -1.00. The maximum absolute atomic E-state index is 12.5. The Morgan fingerprint density at radius 1 is 0.462 bits per heavy atom. The van der Waals surface area contributed by atoms with E-state index in [1.165, 1.54) is 161 Å². The predicted molar refractivity (Wildman–Crippen MR) is 224 cm³/mol. The zero-order valence-corrected chi connectivity index (χ0v) is 34.6. The number of hydrogen-bond donors (Lipinski definition) is 5. The molecule has 6 nitrogen and oxygen atoms in total. The van der Waals surface area contributed by atoms with Crippen molar-refractivity contribution in [2.45, 2.75) is 257 Å². The summed E-state index contributed by atoms with van der Waals surface area (Å²) in [6.45, 7) is 4.04. The van der Waals surface area contributed by atoms with Gasteiger partial charge in [0.05, 0.1) is 18.8 Å². The molecule has 0 saturated carbocycles. The van der Waals surface area contributed by atoms with E-state index in [4.69, 9.17) is 0 Å². The SMILES string of the molecule is CCCCCCCCCCCCC/C=C/CC/C=C/CCCC(O)C(O)C(CO)NC(=O)C(O)CCCCCCCCCCCCCCCCCC. The summed E-state index contributed by atoms with van der Waals surface area (Å²) in [5.41, 5.74) is 0. The molecule has 6 heteroatoms. The van der Waals surface area contributed by atoms with Crippen molar-refractivity contribution in [1.82, 2.24) is 5.32 Å². The van der Waals surface area contributed by atoms with Crippen LogP contribution in [-0.2, 0) is 4.79 Å². The second-order valence-electron chi connectivity index (χ2n) is 15.7. The normalized spacial score (nSPS) is 14.3. The highest BCUT2D eigenvalue weighted by atomic mass is 16.3. The van der Waals surface area contributed by atoms with Gasteiger partial charge < -0.3 is 25.7 Å². The molecule has 0 aromatic heterocycles. The lowest BCUT2D eigenvalue weighted by Gasteiger charge is -2.27. The predicted octanol–water partition coefficient (Wildman–Crippen LogP) is 12.0. The van der Waals surface area contributed by atoms with E-state index in [1.807, 2.05) is 0 Å². The molecule has 0 aromatic carbocycles. The first kappa shape index (κ1) is 50.8. The average molecular weight is 736 g/mol. The number of rotatable bonds is 41. The Morgan fingerprint density at radius 2 is 0.808 bits per heavy atom. The largest absolute Gasteiger partial charge is 0.394 e. The summed E-state index contributed by atoms with van der Waals surface area (Å²) in [5, 5.41) is 43.7. The van der Waals surface area contributed by atoms with Crippen LogP contribution in [0.3, 0.4) is 0 Å². The number of aliphatic hydroxyl groups excluding tert-OH is 4. The van der Waals surface area contributed by atoms with Crippen molar-refractivity contribution in [3.8, 4) is 0 Å². The molecule has 0 spiro atoms. The number of aliphatic hydroxyl groups is 4. The van der Waals surface area contributed by atoms with Gasteiger partial charge in [-0.3, -0.25) is 4.79 Å². The zero-order valence-electron chi connectivity index (χ0n) is 34.6. The van der Waals surface area contributed by atoms with Crippen LogP contribution in [0.4, 0.5) is 0 Å². The fourth-order valence-electron chi connectivity index (χ4n) is 7.01. The summed E-state index contributed by atoms with van der Waals surface area (Å²) < 4.78 is 0. The second-order valence-corrected chi connectivity index (χ2v) is 15.7. The number of nitrogens with one attached hydrogen (secondary N) is 1. The Balaban J connectivity index is 3.78. The van der Waals surface area contributed by atoms with Gasteiger partial charge in [0.1, 0.15) is 12.2 Å². The highest BCUT2D eigenvalue weighted by Crippen LogP contribution is 2.16. The number of unbranched alkanes of at least 4 members (excludes halogenated alkanes) is 28. The van der Waals surface area contributed by atoms with Gasteiger partial charge in [0, 0.05) is 0 Å². The molecule has 0 saturated heterocycles. The third-order valence-corrected chi connectivity index (χ3v) is 10.6. The van der Waals surface area contributed by atoms with Crippen molar-refractivity contribution in [2.24, 2.45) is 0 Å². The van der Waals surface area contributed by atoms with Gasteiger partial charge in [-0.05, 0) is 51.4 Å². The number of hydrogen-bond acceptors (Lipinski definition) is 5. The van der Waals surface area contributed by atoms with E-state index < -0.39 is 36.9 Å². The minimum atomic E-state index is -1.29. The number of carbonyl (C=O) groups is 1. The molecule has 0 heterocycles. The number of carbonyl (C=O) groups excluding carboxylic acids is 1. The molecule has 0 bridgehead atoms. The molecular formula is C46H89NO5. The molecule has 4 atom stereocenters. The summed E-state index contributed by atoms with van der Waals surface area (Å²) in [6.07, 6.45) is 46.4. The smallest absolute Gasteiger partial charge is 0.249 e. The lowest BCUT2D eigenvalue weighted by Crippen LogP contribution is -2.53.